The molecule has 0 fully saturated rings. The largest absolute Gasteiger partial charge is 0.396 e. The first kappa shape index (κ1) is 93.6. The summed E-state index contributed by atoms with van der Waals surface area (Å²) in [7, 11) is 9.96. The Balaban J connectivity index is -0.0000000935. The molecule has 9 atom stereocenters. The lowest BCUT2D eigenvalue weighted by Crippen LogP contribution is -2.23. The summed E-state index contributed by atoms with van der Waals surface area (Å²) in [6.07, 6.45) is 14.7. The maximum Gasteiger partial charge on any atom is 0.0644 e. The van der Waals surface area contributed by atoms with Gasteiger partial charge in [0.05, 0.1) is 60.5 Å². The highest BCUT2D eigenvalue weighted by Crippen LogP contribution is 2.11. The summed E-state index contributed by atoms with van der Waals surface area (Å²) in [4.78, 5) is 0. The van der Waals surface area contributed by atoms with E-state index in [9.17, 15) is 0 Å². The Bertz CT molecular complexity index is 865. The molecule has 0 spiro atoms. The van der Waals surface area contributed by atoms with E-state index in [-0.39, 0.29) is 94.1 Å². The standard InChI is InChI=1S/C8H18O2.3C7H16O2.3C6H14O2.2C5H12O2/c1-3-7-10-8(2)5-4-6-9;1-6(8)4-5-7(2)9-3;1-4-7(9-3)5-6(2)8;1-2-6-9-7-4-3-5-8;1-6(2,8-3)4-5-7;1-5(7)4-6(2)8-3;1-3-8-6(2)4-5-7;1-5(7-2)3-4-6;1-7-5-3-2-4-6/h8-9H,3-7H2,1-2H3;2*6-8H,4-5H2,1-3H3;8H,2-7H2,1H3;7H,4-5H2,1-3H3;5-7H,4H2,1-3H3;6-7H,3-5H2,1-2H3;5-6H,3-4H2,1-2H3;6H,2-5H2,1H3. The summed E-state index contributed by atoms with van der Waals surface area (Å²) in [6.45, 7) is 32.8. The molecule has 0 aliphatic carbocycles. The average Bonchev–Trinajstić information content (AvgIpc) is 3.37. The van der Waals surface area contributed by atoms with E-state index in [1.807, 2.05) is 55.4 Å². The summed E-state index contributed by atoms with van der Waals surface area (Å²) in [5, 5.41) is 76.7. The van der Waals surface area contributed by atoms with E-state index in [0.29, 0.717) is 12.5 Å². The lowest BCUT2D eigenvalue weighted by Gasteiger charge is -2.20. The molecule has 0 bridgehead atoms. The Morgan fingerprint density at radius 2 is 0.853 bits per heavy atom. The zero-order chi connectivity index (χ0) is 60.2. The molecule has 0 rings (SSSR count). The highest BCUT2D eigenvalue weighted by atomic mass is 16.5. The summed E-state index contributed by atoms with van der Waals surface area (Å²) >= 11 is 0. The van der Waals surface area contributed by atoms with Gasteiger partial charge in [0.2, 0.25) is 0 Å². The van der Waals surface area contributed by atoms with Crippen LogP contribution in [0.15, 0.2) is 0 Å². The van der Waals surface area contributed by atoms with E-state index in [1.165, 1.54) is 0 Å². The maximum atomic E-state index is 8.91. The number of methoxy groups -OCH3 is 6. The van der Waals surface area contributed by atoms with Gasteiger partial charge in [-0.05, 0) is 179 Å². The number of ether oxygens (including phenoxy) is 9. The van der Waals surface area contributed by atoms with Gasteiger partial charge in [-0.1, -0.05) is 20.8 Å². The first-order valence-electron chi connectivity index (χ1n) is 28.1. The third-order valence-corrected chi connectivity index (χ3v) is 10.2. The number of aliphatic hydroxyl groups is 9. The van der Waals surface area contributed by atoms with Crippen LogP contribution in [0.1, 0.15) is 200 Å². The van der Waals surface area contributed by atoms with Crippen molar-refractivity contribution < 1.29 is 88.6 Å². The molecule has 9 N–H and O–H groups in total. The zero-order valence-electron chi connectivity index (χ0n) is 52.5. The van der Waals surface area contributed by atoms with Crippen LogP contribution in [-0.4, -0.2) is 222 Å². The van der Waals surface area contributed by atoms with Crippen LogP contribution in [0, 0.1) is 0 Å². The lowest BCUT2D eigenvalue weighted by molar-refractivity contribution is 0.00291. The molecule has 0 saturated heterocycles. The number of hydrogen-bond donors (Lipinski definition) is 9. The minimum atomic E-state index is -0.245. The van der Waals surface area contributed by atoms with Crippen molar-refractivity contribution in [2.75, 3.05) is 115 Å². The van der Waals surface area contributed by atoms with Crippen molar-refractivity contribution in [3.8, 4) is 0 Å². The summed E-state index contributed by atoms with van der Waals surface area (Å²) in [5.41, 5.74) is -0.158. The first-order valence-corrected chi connectivity index (χ1v) is 28.1. The Morgan fingerprint density at radius 1 is 0.400 bits per heavy atom. The van der Waals surface area contributed by atoms with Crippen LogP contribution < -0.4 is 0 Å². The molecule has 468 valence electrons. The molecule has 0 saturated carbocycles. The Hall–Kier alpha value is -0.720. The zero-order valence-corrected chi connectivity index (χ0v) is 52.5. The van der Waals surface area contributed by atoms with Crippen LogP contribution in [-0.2, 0) is 42.6 Å². The van der Waals surface area contributed by atoms with Crippen molar-refractivity contribution in [2.24, 2.45) is 0 Å². The van der Waals surface area contributed by atoms with Crippen LogP contribution >= 0.6 is 0 Å². The smallest absolute Gasteiger partial charge is 0.0644 e. The van der Waals surface area contributed by atoms with Crippen LogP contribution in [0.5, 0.6) is 0 Å². The number of rotatable bonds is 37. The number of hydrogen-bond acceptors (Lipinski definition) is 18. The molecular weight excluding hydrogens is 973 g/mol. The molecule has 0 aromatic carbocycles. The maximum absolute atomic E-state index is 8.91. The topological polar surface area (TPSA) is 265 Å². The average molecular weight is 1110 g/mol. The van der Waals surface area contributed by atoms with E-state index >= 15 is 0 Å². The fourth-order valence-electron chi connectivity index (χ4n) is 4.90. The Morgan fingerprint density at radius 3 is 1.15 bits per heavy atom. The van der Waals surface area contributed by atoms with Gasteiger partial charge < -0.3 is 88.6 Å². The molecule has 0 heterocycles. The summed E-state index contributed by atoms with van der Waals surface area (Å²) in [5.74, 6) is 0. The second-order valence-electron chi connectivity index (χ2n) is 18.7. The minimum absolute atomic E-state index is 0.158. The van der Waals surface area contributed by atoms with Gasteiger partial charge >= 0.3 is 0 Å². The molecular formula is C57H132O18. The van der Waals surface area contributed by atoms with Gasteiger partial charge in [0.25, 0.3) is 0 Å². The molecule has 75 heavy (non-hydrogen) atoms. The second kappa shape index (κ2) is 82.1. The van der Waals surface area contributed by atoms with E-state index in [4.69, 9.17) is 88.6 Å². The van der Waals surface area contributed by atoms with Crippen molar-refractivity contribution in [3.63, 3.8) is 0 Å². The fraction of sp³-hybridized carbons (Fsp3) is 1.00. The van der Waals surface area contributed by atoms with Crippen molar-refractivity contribution in [1.29, 1.82) is 0 Å². The third-order valence-electron chi connectivity index (χ3n) is 10.2. The molecule has 0 aliphatic heterocycles. The molecule has 18 nitrogen and oxygen atoms in total. The summed E-state index contributed by atoms with van der Waals surface area (Å²) in [6, 6.07) is 0. The van der Waals surface area contributed by atoms with E-state index in [1.54, 1.807) is 63.4 Å². The minimum Gasteiger partial charge on any atom is -0.396 e. The normalized spacial score (nSPS) is 14.0. The predicted molar refractivity (Wildman–Crippen MR) is 309 cm³/mol. The van der Waals surface area contributed by atoms with Crippen LogP contribution in [0.25, 0.3) is 0 Å². The highest BCUT2D eigenvalue weighted by molar-refractivity contribution is 4.65. The van der Waals surface area contributed by atoms with Crippen molar-refractivity contribution in [2.45, 2.75) is 260 Å². The molecule has 0 aromatic rings. The molecule has 0 aliphatic rings. The lowest BCUT2D eigenvalue weighted by atomic mass is 10.1. The van der Waals surface area contributed by atoms with Gasteiger partial charge in [-0.3, -0.25) is 0 Å². The Labute approximate surface area is 462 Å². The van der Waals surface area contributed by atoms with Gasteiger partial charge in [-0.15, -0.1) is 0 Å². The van der Waals surface area contributed by atoms with Crippen molar-refractivity contribution in [3.05, 3.63) is 0 Å². The van der Waals surface area contributed by atoms with Crippen LogP contribution in [0.4, 0.5) is 0 Å². The molecule has 0 aromatic heterocycles. The third kappa shape index (κ3) is 118. The predicted octanol–water partition coefficient (Wildman–Crippen LogP) is 8.31. The van der Waals surface area contributed by atoms with E-state index in [0.717, 1.165) is 129 Å². The molecule has 0 radical (unpaired) electrons. The first-order chi connectivity index (χ1) is 35.4. The SMILES string of the molecule is CCC(CC(C)O)OC.CCCOC(C)CCCO.CCCOCCCCO.CCOC(C)CCO.COC(C)(C)CCO.COC(C)CC(C)O.COC(C)CCC(C)O.COC(C)CCO.COCCCCO. The highest BCUT2D eigenvalue weighted by Gasteiger charge is 2.14. The van der Waals surface area contributed by atoms with Gasteiger partial charge in [-0.2, -0.15) is 0 Å². The molecule has 0 amide bonds. The second-order valence-corrected chi connectivity index (χ2v) is 18.7. The van der Waals surface area contributed by atoms with Crippen molar-refractivity contribution in [1.82, 2.24) is 0 Å². The molecule has 9 unspecified atom stereocenters. The Kier molecular flexibility index (Phi) is 102. The monoisotopic (exact) mass is 1100 g/mol. The van der Waals surface area contributed by atoms with Gasteiger partial charge in [0.1, 0.15) is 0 Å². The number of aliphatic hydroxyl groups excluding tert-OH is 9. The quantitative estimate of drug-likeness (QED) is 0.0265. The van der Waals surface area contributed by atoms with Gasteiger partial charge in [0, 0.05) is 115 Å². The van der Waals surface area contributed by atoms with E-state index < -0.39 is 0 Å². The summed E-state index contributed by atoms with van der Waals surface area (Å²) < 4.78 is 45.2. The van der Waals surface area contributed by atoms with Crippen LogP contribution in [0.3, 0.4) is 0 Å². The van der Waals surface area contributed by atoms with E-state index in [2.05, 4.69) is 20.8 Å². The van der Waals surface area contributed by atoms with Gasteiger partial charge in [-0.25, -0.2) is 0 Å². The van der Waals surface area contributed by atoms with Gasteiger partial charge in [0.15, 0.2) is 0 Å². The number of unbranched alkanes of at least 4 members (excludes halogenated alkanes) is 2. The fourth-order valence-corrected chi connectivity index (χ4v) is 4.90. The van der Waals surface area contributed by atoms with Crippen LogP contribution in [0.2, 0.25) is 0 Å². The van der Waals surface area contributed by atoms with Crippen molar-refractivity contribution >= 4 is 0 Å². The molecule has 18 heteroatoms.